The van der Waals surface area contributed by atoms with Gasteiger partial charge < -0.3 is 4.57 Å². The van der Waals surface area contributed by atoms with Crippen molar-refractivity contribution in [1.82, 2.24) is 9.55 Å². The lowest BCUT2D eigenvalue weighted by molar-refractivity contribution is 0.341. The zero-order valence-corrected chi connectivity index (χ0v) is 21.3. The van der Waals surface area contributed by atoms with Gasteiger partial charge in [-0.15, -0.1) is 0 Å². The molecule has 0 atom stereocenters. The lowest BCUT2D eigenvalue weighted by Crippen LogP contribution is -2.38. The Morgan fingerprint density at radius 1 is 0.694 bits per heavy atom. The standard InChI is InChI=1S/C34H38N2/c1(7-17-29-18-8-3-9-19-29)2-16-26-33-27-35-28-36(33)34(30-20-10-4-11-21-30,31-22-12-5-13-23-31)32-24-14-6-15-25-32/h1-2,4-6,10-15,20-25,27-29H,3,7-9,16-19,26H2/b2-1-. The van der Waals surface area contributed by atoms with Crippen LogP contribution in [0, 0.1) is 5.92 Å². The summed E-state index contributed by atoms with van der Waals surface area (Å²) in [5.41, 5.74) is 4.49. The quantitative estimate of drug-likeness (QED) is 0.166. The molecule has 4 aromatic rings. The average molecular weight is 475 g/mol. The molecular formula is C34H38N2. The molecule has 0 bridgehead atoms. The van der Waals surface area contributed by atoms with E-state index in [-0.39, 0.29) is 0 Å². The summed E-state index contributed by atoms with van der Waals surface area (Å²) in [6.45, 7) is 0. The first-order chi connectivity index (χ1) is 17.9. The van der Waals surface area contributed by atoms with Crippen molar-refractivity contribution in [3.63, 3.8) is 0 Å². The van der Waals surface area contributed by atoms with E-state index in [2.05, 4.69) is 119 Å². The van der Waals surface area contributed by atoms with Crippen molar-refractivity contribution in [3.05, 3.63) is 138 Å². The Bertz CT molecular complexity index is 1110. The Morgan fingerprint density at radius 2 is 1.22 bits per heavy atom. The van der Waals surface area contributed by atoms with Crippen molar-refractivity contribution in [3.8, 4) is 0 Å². The first-order valence-electron chi connectivity index (χ1n) is 13.7. The Hall–Kier alpha value is -3.39. The molecule has 0 unspecified atom stereocenters. The maximum absolute atomic E-state index is 4.68. The van der Waals surface area contributed by atoms with Crippen LogP contribution in [0.25, 0.3) is 0 Å². The molecule has 1 heterocycles. The zero-order valence-electron chi connectivity index (χ0n) is 21.3. The van der Waals surface area contributed by atoms with E-state index in [1.54, 1.807) is 0 Å². The fraction of sp³-hybridized carbons (Fsp3) is 0.324. The molecule has 0 saturated heterocycles. The highest BCUT2D eigenvalue weighted by molar-refractivity contribution is 5.51. The highest BCUT2D eigenvalue weighted by Crippen LogP contribution is 2.41. The normalized spacial score (nSPS) is 14.9. The van der Waals surface area contributed by atoms with Crippen LogP contribution in [0.1, 0.15) is 73.8 Å². The van der Waals surface area contributed by atoms with Crippen molar-refractivity contribution in [2.24, 2.45) is 5.92 Å². The van der Waals surface area contributed by atoms with Crippen LogP contribution in [0.4, 0.5) is 0 Å². The molecule has 36 heavy (non-hydrogen) atoms. The minimum absolute atomic E-state index is 0.486. The number of hydrogen-bond acceptors (Lipinski definition) is 1. The van der Waals surface area contributed by atoms with E-state index in [1.807, 2.05) is 6.33 Å². The molecular weight excluding hydrogens is 436 g/mol. The summed E-state index contributed by atoms with van der Waals surface area (Å²) in [6, 6.07) is 32.6. The molecule has 1 saturated carbocycles. The summed E-state index contributed by atoms with van der Waals surface area (Å²) in [7, 11) is 0. The topological polar surface area (TPSA) is 17.8 Å². The predicted octanol–water partition coefficient (Wildman–Crippen LogP) is 8.57. The Balaban J connectivity index is 1.45. The molecule has 3 aromatic carbocycles. The van der Waals surface area contributed by atoms with Gasteiger partial charge in [0.25, 0.3) is 0 Å². The molecule has 1 aliphatic carbocycles. The molecule has 0 aliphatic heterocycles. The number of hydrogen-bond donors (Lipinski definition) is 0. The molecule has 5 rings (SSSR count). The van der Waals surface area contributed by atoms with Crippen LogP contribution in [-0.4, -0.2) is 9.55 Å². The fourth-order valence-electron chi connectivity index (χ4n) is 6.04. The van der Waals surface area contributed by atoms with Crippen LogP contribution >= 0.6 is 0 Å². The number of allylic oxidation sites excluding steroid dienone is 2. The number of benzene rings is 3. The maximum Gasteiger partial charge on any atom is 0.121 e. The van der Waals surface area contributed by atoms with Gasteiger partial charge in [0.1, 0.15) is 5.54 Å². The van der Waals surface area contributed by atoms with Crippen molar-refractivity contribution in [2.75, 3.05) is 0 Å². The van der Waals surface area contributed by atoms with Crippen LogP contribution in [0.2, 0.25) is 0 Å². The predicted molar refractivity (Wildman–Crippen MR) is 150 cm³/mol. The van der Waals surface area contributed by atoms with Gasteiger partial charge in [-0.2, -0.15) is 0 Å². The van der Waals surface area contributed by atoms with Crippen molar-refractivity contribution in [1.29, 1.82) is 0 Å². The summed E-state index contributed by atoms with van der Waals surface area (Å²) >= 11 is 0. The van der Waals surface area contributed by atoms with Crippen molar-refractivity contribution < 1.29 is 0 Å². The van der Waals surface area contributed by atoms with E-state index >= 15 is 0 Å². The minimum Gasteiger partial charge on any atom is -0.316 e. The Kier molecular flexibility index (Phi) is 8.13. The van der Waals surface area contributed by atoms with Crippen LogP contribution in [-0.2, 0) is 12.0 Å². The lowest BCUT2D eigenvalue weighted by atomic mass is 9.76. The first kappa shape index (κ1) is 24.3. The molecule has 2 nitrogen and oxygen atoms in total. The Morgan fingerprint density at radius 3 is 1.78 bits per heavy atom. The summed E-state index contributed by atoms with van der Waals surface area (Å²) in [6.07, 6.45) is 20.6. The van der Waals surface area contributed by atoms with Gasteiger partial charge in [0, 0.05) is 11.9 Å². The molecule has 0 radical (unpaired) electrons. The third-order valence-electron chi connectivity index (χ3n) is 7.85. The summed E-state index contributed by atoms with van der Waals surface area (Å²) in [4.78, 5) is 4.68. The van der Waals surface area contributed by atoms with Crippen LogP contribution in [0.15, 0.2) is 116 Å². The average Bonchev–Trinajstić information content (AvgIpc) is 3.42. The van der Waals surface area contributed by atoms with E-state index in [4.69, 9.17) is 0 Å². The Labute approximate surface area is 216 Å². The van der Waals surface area contributed by atoms with Gasteiger partial charge >= 0.3 is 0 Å². The van der Waals surface area contributed by atoms with E-state index in [9.17, 15) is 0 Å². The number of aromatic nitrogens is 2. The zero-order chi connectivity index (χ0) is 24.5. The highest BCUT2D eigenvalue weighted by atomic mass is 15.1. The molecule has 0 spiro atoms. The molecule has 2 heteroatoms. The third-order valence-corrected chi connectivity index (χ3v) is 7.85. The number of nitrogens with zero attached hydrogens (tertiary/aromatic N) is 2. The second-order valence-corrected chi connectivity index (χ2v) is 10.2. The van der Waals surface area contributed by atoms with Gasteiger partial charge in [-0.05, 0) is 48.3 Å². The first-order valence-corrected chi connectivity index (χ1v) is 13.7. The lowest BCUT2D eigenvalue weighted by Gasteiger charge is -2.38. The summed E-state index contributed by atoms with van der Waals surface area (Å²) in [5.74, 6) is 0.952. The van der Waals surface area contributed by atoms with Crippen molar-refractivity contribution >= 4 is 0 Å². The summed E-state index contributed by atoms with van der Waals surface area (Å²) in [5, 5.41) is 0. The van der Waals surface area contributed by atoms with E-state index in [1.165, 1.54) is 67.3 Å². The molecule has 0 N–H and O–H groups in total. The second kappa shape index (κ2) is 12.0. The van der Waals surface area contributed by atoms with Gasteiger partial charge in [0.2, 0.25) is 0 Å². The SMILES string of the molecule is C(=C/CCC1CCCCC1)/CCc1cncn1C(c1ccccc1)(c1ccccc1)c1ccccc1. The smallest absolute Gasteiger partial charge is 0.121 e. The third kappa shape index (κ3) is 5.23. The number of aryl methyl sites for hydroxylation is 1. The number of rotatable bonds is 10. The van der Waals surface area contributed by atoms with Gasteiger partial charge in [0.15, 0.2) is 0 Å². The maximum atomic E-state index is 4.68. The van der Waals surface area contributed by atoms with Gasteiger partial charge in [-0.3, -0.25) is 0 Å². The monoisotopic (exact) mass is 474 g/mol. The molecule has 1 aliphatic rings. The van der Waals surface area contributed by atoms with Crippen molar-refractivity contribution in [2.45, 2.75) is 63.3 Å². The molecule has 1 aromatic heterocycles. The minimum atomic E-state index is -0.486. The molecule has 1 fully saturated rings. The van der Waals surface area contributed by atoms with Crippen LogP contribution in [0.5, 0.6) is 0 Å². The van der Waals surface area contributed by atoms with Gasteiger partial charge in [-0.25, -0.2) is 4.98 Å². The fourth-order valence-corrected chi connectivity index (χ4v) is 6.04. The van der Waals surface area contributed by atoms with E-state index in [0.717, 1.165) is 18.8 Å². The van der Waals surface area contributed by atoms with Gasteiger partial charge in [-0.1, -0.05) is 135 Å². The van der Waals surface area contributed by atoms with E-state index < -0.39 is 5.54 Å². The largest absolute Gasteiger partial charge is 0.316 e. The van der Waals surface area contributed by atoms with Crippen LogP contribution in [0.3, 0.4) is 0 Å². The van der Waals surface area contributed by atoms with Crippen LogP contribution < -0.4 is 0 Å². The summed E-state index contributed by atoms with van der Waals surface area (Å²) < 4.78 is 2.41. The highest BCUT2D eigenvalue weighted by Gasteiger charge is 2.39. The second-order valence-electron chi connectivity index (χ2n) is 10.2. The van der Waals surface area contributed by atoms with Gasteiger partial charge in [0.05, 0.1) is 6.33 Å². The molecule has 0 amide bonds. The molecule has 184 valence electrons. The number of imidazole rings is 1. The van der Waals surface area contributed by atoms with E-state index in [0.29, 0.717) is 0 Å².